The van der Waals surface area contributed by atoms with Crippen LogP contribution in [0.15, 0.2) is 0 Å². The van der Waals surface area contributed by atoms with Gasteiger partial charge in [-0.15, -0.1) is 0 Å². The third-order valence-corrected chi connectivity index (χ3v) is 7.43. The minimum atomic E-state index is -1.36. The number of nitrogens with one attached hydrogen (secondary N) is 4. The number of rotatable bonds is 27. The molecule has 51 heavy (non-hydrogen) atoms. The molecule has 0 aliphatic rings. The molecule has 8 N–H and O–H groups in total. The molecule has 0 saturated heterocycles. The van der Waals surface area contributed by atoms with Gasteiger partial charge in [0, 0.05) is 19.6 Å². The monoisotopic (exact) mass is 924 g/mol. The fourth-order valence-corrected chi connectivity index (χ4v) is 3.81. The van der Waals surface area contributed by atoms with Gasteiger partial charge in [0.1, 0.15) is 39.4 Å². The van der Waals surface area contributed by atoms with E-state index in [0.29, 0.717) is 19.4 Å². The maximum atomic E-state index is 12.6. The highest BCUT2D eigenvalue weighted by atomic mass is 79.9. The van der Waals surface area contributed by atoms with Crippen LogP contribution in [0.4, 0.5) is 0 Å². The van der Waals surface area contributed by atoms with Gasteiger partial charge in [-0.3, -0.25) is 29.4 Å². The SMILES string of the molecule is CC(C)(Br)C(=O)OCC(COCC(=O)NCCOCCOCCNC(=O)C(N)CCCNC(=N)N)(COC(=O)C(C)(C)Br)COC(=O)C(C)(C)Br. The van der Waals surface area contributed by atoms with Gasteiger partial charge in [-0.2, -0.15) is 0 Å². The summed E-state index contributed by atoms with van der Waals surface area (Å²) >= 11 is 9.75. The minimum absolute atomic E-state index is 0.133. The lowest BCUT2D eigenvalue weighted by Crippen LogP contribution is -2.47. The molecule has 0 saturated carbocycles. The Hall–Kier alpha value is -2.10. The summed E-state index contributed by atoms with van der Waals surface area (Å²) in [6.45, 7) is 9.71. The first kappa shape index (κ1) is 48.9. The van der Waals surface area contributed by atoms with Crippen LogP contribution in [0, 0.1) is 10.8 Å². The lowest BCUT2D eigenvalue weighted by atomic mass is 9.92. The molecule has 0 aliphatic carbocycles. The lowest BCUT2D eigenvalue weighted by molar-refractivity contribution is -0.170. The van der Waals surface area contributed by atoms with Gasteiger partial charge >= 0.3 is 17.9 Å². The number of esters is 3. The van der Waals surface area contributed by atoms with Crippen molar-refractivity contribution in [2.24, 2.45) is 16.9 Å². The zero-order valence-electron chi connectivity index (χ0n) is 30.3. The lowest BCUT2D eigenvalue weighted by Gasteiger charge is -2.34. The molecule has 0 rings (SSSR count). The van der Waals surface area contributed by atoms with Gasteiger partial charge in [0.2, 0.25) is 11.8 Å². The highest BCUT2D eigenvalue weighted by Crippen LogP contribution is 2.27. The first-order valence-electron chi connectivity index (χ1n) is 16.2. The van der Waals surface area contributed by atoms with E-state index < -0.39 is 54.9 Å². The topological polar surface area (TPSA) is 253 Å². The highest BCUT2D eigenvalue weighted by molar-refractivity contribution is 9.10. The van der Waals surface area contributed by atoms with Crippen molar-refractivity contribution in [2.45, 2.75) is 73.4 Å². The molecule has 296 valence electrons. The van der Waals surface area contributed by atoms with Crippen molar-refractivity contribution in [2.75, 3.05) is 79.1 Å². The van der Waals surface area contributed by atoms with Gasteiger partial charge in [0.15, 0.2) is 5.96 Å². The number of amides is 2. The van der Waals surface area contributed by atoms with Crippen LogP contribution in [0.3, 0.4) is 0 Å². The average molecular weight is 928 g/mol. The zero-order chi connectivity index (χ0) is 39.3. The molecule has 0 aromatic heterocycles. The second kappa shape index (κ2) is 24.3. The maximum absolute atomic E-state index is 12.6. The second-order valence-corrected chi connectivity index (χ2v) is 19.0. The van der Waals surface area contributed by atoms with Crippen molar-refractivity contribution in [3.8, 4) is 0 Å². The van der Waals surface area contributed by atoms with Crippen LogP contribution in [0.5, 0.6) is 0 Å². The van der Waals surface area contributed by atoms with Crippen molar-refractivity contribution in [3.05, 3.63) is 0 Å². The predicted octanol–water partition coefficient (Wildman–Crippen LogP) is 0.996. The summed E-state index contributed by atoms with van der Waals surface area (Å²) in [5.41, 5.74) is 9.68. The molecular weight excluding hydrogens is 872 g/mol. The Morgan fingerprint density at radius 3 is 1.49 bits per heavy atom. The molecule has 0 spiro atoms. The van der Waals surface area contributed by atoms with Crippen molar-refractivity contribution in [1.29, 1.82) is 5.41 Å². The normalized spacial score (nSPS) is 12.7. The van der Waals surface area contributed by atoms with Crippen molar-refractivity contribution in [3.63, 3.8) is 0 Å². The van der Waals surface area contributed by atoms with E-state index in [4.69, 9.17) is 45.3 Å². The van der Waals surface area contributed by atoms with Gasteiger partial charge in [-0.25, -0.2) is 0 Å². The largest absolute Gasteiger partial charge is 0.464 e. The number of hydrogen-bond acceptors (Lipinski definition) is 13. The van der Waals surface area contributed by atoms with Gasteiger partial charge in [0.05, 0.1) is 44.5 Å². The van der Waals surface area contributed by atoms with Crippen molar-refractivity contribution >= 4 is 83.5 Å². The predicted molar refractivity (Wildman–Crippen MR) is 200 cm³/mol. The molecule has 1 unspecified atom stereocenters. The Balaban J connectivity index is 4.81. The molecule has 0 bridgehead atoms. The van der Waals surface area contributed by atoms with Crippen molar-refractivity contribution < 1.29 is 52.4 Å². The summed E-state index contributed by atoms with van der Waals surface area (Å²) in [4.78, 5) is 62.3. The molecule has 17 nitrogen and oxygen atoms in total. The summed E-state index contributed by atoms with van der Waals surface area (Å²) < 4.78 is 30.0. The van der Waals surface area contributed by atoms with Crippen LogP contribution >= 0.6 is 47.8 Å². The van der Waals surface area contributed by atoms with Crippen LogP contribution in [0.2, 0.25) is 0 Å². The van der Waals surface area contributed by atoms with E-state index in [1.165, 1.54) is 0 Å². The van der Waals surface area contributed by atoms with E-state index in [0.717, 1.165) is 0 Å². The number of carbonyl (C=O) groups excluding carboxylic acids is 5. The number of hydrogen-bond donors (Lipinski definition) is 6. The molecular formula is C31H55Br3N6O11. The smallest absolute Gasteiger partial charge is 0.322 e. The summed E-state index contributed by atoms with van der Waals surface area (Å²) in [5.74, 6) is -2.75. The van der Waals surface area contributed by atoms with Gasteiger partial charge < -0.3 is 55.8 Å². The number of alkyl halides is 3. The van der Waals surface area contributed by atoms with Crippen LogP contribution in [-0.2, 0) is 52.4 Å². The van der Waals surface area contributed by atoms with Crippen molar-refractivity contribution in [1.82, 2.24) is 16.0 Å². The molecule has 0 fully saturated rings. The van der Waals surface area contributed by atoms with Gasteiger partial charge in [-0.1, -0.05) is 47.8 Å². The molecule has 1 atom stereocenters. The maximum Gasteiger partial charge on any atom is 0.322 e. The van der Waals surface area contributed by atoms with E-state index in [1.807, 2.05) is 0 Å². The number of carbonyl (C=O) groups is 5. The van der Waals surface area contributed by atoms with E-state index >= 15 is 0 Å². The summed E-state index contributed by atoms with van der Waals surface area (Å²) in [7, 11) is 0. The molecule has 2 amide bonds. The average Bonchev–Trinajstić information content (AvgIpc) is 3.02. The standard InChI is InChI=1S/C31H55Br3N6O11/c1-28(2,32)24(43)49-18-31(19-50-25(44)29(3,4)33,20-51-26(45)30(5,6)34)17-48-16-22(41)38-10-12-46-14-15-47-13-11-39-23(42)21(35)8-7-9-40-27(36)37/h21H,7-20,35H2,1-6H3,(H,38,41)(H,39,42)(H4,36,37,40). The Bertz CT molecular complexity index is 1050. The van der Waals surface area contributed by atoms with Crippen LogP contribution in [0.25, 0.3) is 0 Å². The summed E-state index contributed by atoms with van der Waals surface area (Å²) in [6.07, 6.45) is 1.04. The third kappa shape index (κ3) is 24.0. The summed E-state index contributed by atoms with van der Waals surface area (Å²) in [6, 6.07) is -0.672. The Labute approximate surface area is 325 Å². The number of ether oxygens (including phenoxy) is 6. The fraction of sp³-hybridized carbons (Fsp3) is 0.806. The number of guanidine groups is 1. The van der Waals surface area contributed by atoms with E-state index in [-0.39, 0.29) is 77.8 Å². The molecule has 0 aromatic rings. The zero-order valence-corrected chi connectivity index (χ0v) is 35.0. The fourth-order valence-electron chi connectivity index (χ4n) is 3.47. The molecule has 0 radical (unpaired) electrons. The quantitative estimate of drug-likeness (QED) is 0.0168. The molecule has 0 aromatic carbocycles. The van der Waals surface area contributed by atoms with E-state index in [2.05, 4.69) is 63.7 Å². The van der Waals surface area contributed by atoms with Crippen LogP contribution in [-0.4, -0.2) is 134 Å². The third-order valence-electron chi connectivity index (χ3n) is 6.46. The van der Waals surface area contributed by atoms with E-state index in [1.54, 1.807) is 41.5 Å². The highest BCUT2D eigenvalue weighted by Gasteiger charge is 2.41. The van der Waals surface area contributed by atoms with Gasteiger partial charge in [-0.05, 0) is 54.4 Å². The van der Waals surface area contributed by atoms with E-state index in [9.17, 15) is 24.0 Å². The first-order chi connectivity index (χ1) is 23.5. The van der Waals surface area contributed by atoms with Crippen LogP contribution < -0.4 is 27.4 Å². The minimum Gasteiger partial charge on any atom is -0.464 e. The first-order valence-corrected chi connectivity index (χ1v) is 18.6. The number of nitrogens with two attached hydrogens (primary N) is 2. The Kier molecular flexibility index (Phi) is 23.3. The van der Waals surface area contributed by atoms with Crippen LogP contribution in [0.1, 0.15) is 54.4 Å². The molecule has 20 heteroatoms. The van der Waals surface area contributed by atoms with Gasteiger partial charge in [0.25, 0.3) is 0 Å². The number of halogens is 3. The molecule has 0 heterocycles. The second-order valence-electron chi connectivity index (χ2n) is 13.1. The molecule has 0 aliphatic heterocycles. The summed E-state index contributed by atoms with van der Waals surface area (Å²) in [5, 5.41) is 15.1. The Morgan fingerprint density at radius 2 is 1.08 bits per heavy atom. The Morgan fingerprint density at radius 1 is 0.647 bits per heavy atom.